The van der Waals surface area contributed by atoms with Crippen LogP contribution >= 0.6 is 23.1 Å². The second kappa shape index (κ2) is 9.24. The second-order valence-corrected chi connectivity index (χ2v) is 9.31. The maximum atomic E-state index is 4.48. The van der Waals surface area contributed by atoms with E-state index in [0.717, 1.165) is 30.5 Å². The van der Waals surface area contributed by atoms with Gasteiger partial charge in [0.1, 0.15) is 5.01 Å². The minimum atomic E-state index is 0.329. The Morgan fingerprint density at radius 2 is 2.04 bits per heavy atom. The smallest absolute Gasteiger partial charge is 0.191 e. The Hall–Kier alpha value is -0.790. The number of aliphatic imine (C=N–C) groups is 1. The van der Waals surface area contributed by atoms with E-state index in [-0.39, 0.29) is 0 Å². The van der Waals surface area contributed by atoms with E-state index < -0.39 is 0 Å². The number of guanidine groups is 1. The van der Waals surface area contributed by atoms with Gasteiger partial charge in [-0.3, -0.25) is 9.89 Å². The lowest BCUT2D eigenvalue weighted by molar-refractivity contribution is 0.107. The zero-order valence-corrected chi connectivity index (χ0v) is 17.1. The molecule has 2 N–H and O–H groups in total. The Morgan fingerprint density at radius 3 is 2.68 bits per heavy atom. The van der Waals surface area contributed by atoms with Gasteiger partial charge in [0.15, 0.2) is 5.96 Å². The van der Waals surface area contributed by atoms with Crippen molar-refractivity contribution in [1.29, 1.82) is 0 Å². The first-order valence-corrected chi connectivity index (χ1v) is 11.4. The van der Waals surface area contributed by atoms with Gasteiger partial charge in [-0.2, -0.15) is 11.8 Å². The van der Waals surface area contributed by atoms with Crippen LogP contribution in [-0.4, -0.2) is 59.6 Å². The molecule has 0 spiro atoms. The molecule has 1 aromatic heterocycles. The molecule has 1 saturated heterocycles. The van der Waals surface area contributed by atoms with Crippen molar-refractivity contribution in [1.82, 2.24) is 20.5 Å². The minimum absolute atomic E-state index is 0.329. The molecule has 1 aliphatic carbocycles. The van der Waals surface area contributed by atoms with Gasteiger partial charge in [-0.15, -0.1) is 11.3 Å². The number of aryl methyl sites for hydroxylation is 1. The summed E-state index contributed by atoms with van der Waals surface area (Å²) in [6, 6.07) is 0. The van der Waals surface area contributed by atoms with Crippen molar-refractivity contribution < 1.29 is 0 Å². The Morgan fingerprint density at radius 1 is 1.28 bits per heavy atom. The Kier molecular flexibility index (Phi) is 7.01. The standard InChI is InChI=1S/C18H31N5S2/c1-3-15-12-20-16(25-15)13-21-17(19-2)22-14-18(6-4-5-7-18)23-8-10-24-11-9-23/h12H,3-11,13-14H2,1-2H3,(H2,19,21,22). The molecule has 7 heteroatoms. The highest BCUT2D eigenvalue weighted by Gasteiger charge is 2.39. The van der Waals surface area contributed by atoms with Gasteiger partial charge in [0, 0.05) is 54.8 Å². The van der Waals surface area contributed by atoms with Gasteiger partial charge < -0.3 is 10.6 Å². The monoisotopic (exact) mass is 381 g/mol. The lowest BCUT2D eigenvalue weighted by Gasteiger charge is -2.43. The average Bonchev–Trinajstić information content (AvgIpc) is 3.33. The summed E-state index contributed by atoms with van der Waals surface area (Å²) < 4.78 is 0. The molecular weight excluding hydrogens is 350 g/mol. The van der Waals surface area contributed by atoms with Crippen LogP contribution in [0.15, 0.2) is 11.2 Å². The van der Waals surface area contributed by atoms with E-state index in [1.807, 2.05) is 13.2 Å². The van der Waals surface area contributed by atoms with E-state index in [2.05, 4.69) is 44.2 Å². The summed E-state index contributed by atoms with van der Waals surface area (Å²) in [5.74, 6) is 3.45. The molecule has 2 heterocycles. The topological polar surface area (TPSA) is 52.6 Å². The van der Waals surface area contributed by atoms with E-state index in [1.54, 1.807) is 11.3 Å². The van der Waals surface area contributed by atoms with E-state index in [1.165, 1.54) is 55.2 Å². The van der Waals surface area contributed by atoms with Crippen LogP contribution in [0.5, 0.6) is 0 Å². The predicted molar refractivity (Wildman–Crippen MR) is 110 cm³/mol. The first-order chi connectivity index (χ1) is 12.3. The summed E-state index contributed by atoms with van der Waals surface area (Å²) in [5, 5.41) is 8.17. The number of hydrogen-bond acceptors (Lipinski definition) is 5. The van der Waals surface area contributed by atoms with Crippen molar-refractivity contribution in [2.45, 2.75) is 51.1 Å². The number of aromatic nitrogens is 1. The summed E-state index contributed by atoms with van der Waals surface area (Å²) in [4.78, 5) is 13.0. The third-order valence-electron chi connectivity index (χ3n) is 5.38. The lowest BCUT2D eigenvalue weighted by atomic mass is 9.94. The molecule has 1 aromatic rings. The second-order valence-electron chi connectivity index (χ2n) is 6.88. The molecule has 25 heavy (non-hydrogen) atoms. The summed E-state index contributed by atoms with van der Waals surface area (Å²) in [6.07, 6.45) is 8.38. The Bertz CT molecular complexity index is 560. The number of hydrogen-bond donors (Lipinski definition) is 2. The molecule has 0 unspecified atom stereocenters. The van der Waals surface area contributed by atoms with Gasteiger partial charge in [0.25, 0.3) is 0 Å². The fourth-order valence-corrected chi connectivity index (χ4v) is 5.60. The van der Waals surface area contributed by atoms with Crippen molar-refractivity contribution in [3.05, 3.63) is 16.1 Å². The quantitative estimate of drug-likeness (QED) is 0.586. The fourth-order valence-electron chi connectivity index (χ4n) is 3.90. The van der Waals surface area contributed by atoms with Gasteiger partial charge in [0.2, 0.25) is 0 Å². The summed E-state index contributed by atoms with van der Waals surface area (Å²) >= 11 is 3.87. The first-order valence-electron chi connectivity index (χ1n) is 9.46. The van der Waals surface area contributed by atoms with Crippen LogP contribution in [0.1, 0.15) is 42.5 Å². The van der Waals surface area contributed by atoms with E-state index >= 15 is 0 Å². The molecule has 0 bridgehead atoms. The van der Waals surface area contributed by atoms with Crippen LogP contribution in [0, 0.1) is 0 Å². The molecule has 0 radical (unpaired) electrons. The van der Waals surface area contributed by atoms with Crippen molar-refractivity contribution in [2.75, 3.05) is 38.2 Å². The van der Waals surface area contributed by atoms with Gasteiger partial charge >= 0.3 is 0 Å². The zero-order chi connectivity index (χ0) is 17.5. The number of thiazole rings is 1. The lowest BCUT2D eigenvalue weighted by Crippen LogP contribution is -2.57. The van der Waals surface area contributed by atoms with Crippen LogP contribution in [0.4, 0.5) is 0 Å². The molecule has 140 valence electrons. The van der Waals surface area contributed by atoms with Crippen molar-refractivity contribution in [2.24, 2.45) is 4.99 Å². The minimum Gasteiger partial charge on any atom is -0.355 e. The largest absolute Gasteiger partial charge is 0.355 e. The third kappa shape index (κ3) is 4.89. The van der Waals surface area contributed by atoms with Gasteiger partial charge in [0.05, 0.1) is 6.54 Å². The number of nitrogens with zero attached hydrogens (tertiary/aromatic N) is 3. The highest BCUT2D eigenvalue weighted by Crippen LogP contribution is 2.36. The van der Waals surface area contributed by atoms with Gasteiger partial charge in [-0.25, -0.2) is 4.98 Å². The van der Waals surface area contributed by atoms with Crippen LogP contribution in [0.25, 0.3) is 0 Å². The van der Waals surface area contributed by atoms with Gasteiger partial charge in [-0.1, -0.05) is 19.8 Å². The summed E-state index contributed by atoms with van der Waals surface area (Å²) in [5.41, 5.74) is 0.329. The van der Waals surface area contributed by atoms with Crippen molar-refractivity contribution in [3.63, 3.8) is 0 Å². The molecular formula is C18H31N5S2. The maximum Gasteiger partial charge on any atom is 0.191 e. The molecule has 3 rings (SSSR count). The van der Waals surface area contributed by atoms with E-state index in [9.17, 15) is 0 Å². The van der Waals surface area contributed by atoms with Crippen LogP contribution in [-0.2, 0) is 13.0 Å². The number of rotatable bonds is 6. The molecule has 1 saturated carbocycles. The van der Waals surface area contributed by atoms with Crippen LogP contribution in [0.3, 0.4) is 0 Å². The molecule has 0 aromatic carbocycles. The number of nitrogens with one attached hydrogen (secondary N) is 2. The first kappa shape index (κ1) is 19.0. The van der Waals surface area contributed by atoms with Crippen LogP contribution < -0.4 is 10.6 Å². The fraction of sp³-hybridized carbons (Fsp3) is 0.778. The summed E-state index contributed by atoms with van der Waals surface area (Å²) in [6.45, 7) is 6.38. The third-order valence-corrected chi connectivity index (χ3v) is 7.47. The zero-order valence-electron chi connectivity index (χ0n) is 15.5. The van der Waals surface area contributed by atoms with Crippen molar-refractivity contribution >= 4 is 29.1 Å². The van der Waals surface area contributed by atoms with Gasteiger partial charge in [-0.05, 0) is 19.3 Å². The number of thioether (sulfide) groups is 1. The average molecular weight is 382 g/mol. The maximum absolute atomic E-state index is 4.48. The predicted octanol–water partition coefficient (Wildman–Crippen LogP) is 2.73. The SMILES string of the molecule is CCc1cnc(CNC(=NC)NCC2(N3CCSCC3)CCCC2)s1. The molecule has 0 atom stereocenters. The Labute approximate surface area is 160 Å². The summed E-state index contributed by atoms with van der Waals surface area (Å²) in [7, 11) is 1.85. The molecule has 2 aliphatic rings. The van der Waals surface area contributed by atoms with E-state index in [0.29, 0.717) is 5.54 Å². The molecule has 0 amide bonds. The van der Waals surface area contributed by atoms with E-state index in [4.69, 9.17) is 0 Å². The normalized spacial score (nSPS) is 21.4. The highest BCUT2D eigenvalue weighted by molar-refractivity contribution is 7.99. The van der Waals surface area contributed by atoms with Crippen molar-refractivity contribution in [3.8, 4) is 0 Å². The molecule has 1 aliphatic heterocycles. The Balaban J connectivity index is 1.53. The molecule has 5 nitrogen and oxygen atoms in total. The highest BCUT2D eigenvalue weighted by atomic mass is 32.2. The molecule has 2 fully saturated rings. The van der Waals surface area contributed by atoms with Crippen LogP contribution in [0.2, 0.25) is 0 Å².